The Hall–Kier alpha value is -0.0400. The molecule has 0 aromatic carbocycles. The Morgan fingerprint density at radius 3 is 2.20 bits per heavy atom. The maximum atomic E-state index is 6.77. The van der Waals surface area contributed by atoms with E-state index in [0.717, 1.165) is 35.5 Å². The van der Waals surface area contributed by atoms with Crippen LogP contribution in [0.5, 0.6) is 0 Å². The van der Waals surface area contributed by atoms with Gasteiger partial charge in [0.1, 0.15) is 0 Å². The van der Waals surface area contributed by atoms with E-state index in [-0.39, 0.29) is 5.54 Å². The summed E-state index contributed by atoms with van der Waals surface area (Å²) in [7, 11) is 0. The lowest BCUT2D eigenvalue weighted by molar-refractivity contribution is 0.156. The van der Waals surface area contributed by atoms with Gasteiger partial charge >= 0.3 is 0 Å². The minimum atomic E-state index is 0.0381. The van der Waals surface area contributed by atoms with Gasteiger partial charge < -0.3 is 5.73 Å². The fourth-order valence-corrected chi connectivity index (χ4v) is 3.97. The van der Waals surface area contributed by atoms with E-state index in [1.807, 2.05) is 0 Å². The largest absolute Gasteiger partial charge is 0.325 e. The van der Waals surface area contributed by atoms with Crippen LogP contribution in [-0.4, -0.2) is 5.54 Å². The van der Waals surface area contributed by atoms with Crippen molar-refractivity contribution >= 4 is 0 Å². The van der Waals surface area contributed by atoms with Crippen molar-refractivity contribution in [2.45, 2.75) is 86.1 Å². The maximum Gasteiger partial charge on any atom is 0.0157 e. The molecular formula is C19H39N. The lowest BCUT2D eigenvalue weighted by atomic mass is 9.70. The SMILES string of the molecule is CC(C)CCC(C)(N)C1CCC(C)C1CC(C)C(C)C. The summed E-state index contributed by atoms with van der Waals surface area (Å²) in [5.74, 6) is 4.83. The quantitative estimate of drug-likeness (QED) is 0.656. The Balaban J connectivity index is 2.70. The van der Waals surface area contributed by atoms with Crippen LogP contribution in [0, 0.1) is 35.5 Å². The molecule has 1 saturated carbocycles. The average Bonchev–Trinajstić information content (AvgIpc) is 2.69. The van der Waals surface area contributed by atoms with Crippen LogP contribution in [0.4, 0.5) is 0 Å². The Morgan fingerprint density at radius 1 is 1.10 bits per heavy atom. The molecule has 0 saturated heterocycles. The van der Waals surface area contributed by atoms with Crippen molar-refractivity contribution in [3.05, 3.63) is 0 Å². The molecule has 0 amide bonds. The first kappa shape index (κ1) is 18.0. The topological polar surface area (TPSA) is 26.0 Å². The first-order chi connectivity index (χ1) is 9.15. The number of rotatable bonds is 7. The van der Waals surface area contributed by atoms with Gasteiger partial charge in [0.2, 0.25) is 0 Å². The molecule has 0 heterocycles. The molecule has 1 aliphatic carbocycles. The van der Waals surface area contributed by atoms with Gasteiger partial charge in [-0.2, -0.15) is 0 Å². The van der Waals surface area contributed by atoms with Crippen molar-refractivity contribution < 1.29 is 0 Å². The normalized spacial score (nSPS) is 31.8. The summed E-state index contributed by atoms with van der Waals surface area (Å²) in [4.78, 5) is 0. The monoisotopic (exact) mass is 281 g/mol. The van der Waals surface area contributed by atoms with Gasteiger partial charge in [-0.05, 0) is 68.1 Å². The highest BCUT2D eigenvalue weighted by Crippen LogP contribution is 2.47. The fraction of sp³-hybridized carbons (Fsp3) is 1.00. The molecule has 1 rings (SSSR count). The molecule has 5 atom stereocenters. The van der Waals surface area contributed by atoms with Gasteiger partial charge in [0, 0.05) is 5.54 Å². The second kappa shape index (κ2) is 7.29. The third-order valence-electron chi connectivity index (χ3n) is 6.07. The average molecular weight is 282 g/mol. The van der Waals surface area contributed by atoms with Crippen molar-refractivity contribution in [3.8, 4) is 0 Å². The lowest BCUT2D eigenvalue weighted by Crippen LogP contribution is -2.46. The highest BCUT2D eigenvalue weighted by Gasteiger charge is 2.42. The van der Waals surface area contributed by atoms with Crippen LogP contribution in [0.25, 0.3) is 0 Å². The smallest absolute Gasteiger partial charge is 0.0157 e. The van der Waals surface area contributed by atoms with Crippen LogP contribution in [0.1, 0.15) is 80.6 Å². The van der Waals surface area contributed by atoms with E-state index in [1.165, 1.54) is 32.1 Å². The summed E-state index contributed by atoms with van der Waals surface area (Å²) in [5, 5.41) is 0. The van der Waals surface area contributed by atoms with Crippen molar-refractivity contribution in [1.82, 2.24) is 0 Å². The summed E-state index contributed by atoms with van der Waals surface area (Å²) >= 11 is 0. The maximum absolute atomic E-state index is 6.77. The molecular weight excluding hydrogens is 242 g/mol. The Bertz CT molecular complexity index is 279. The van der Waals surface area contributed by atoms with Crippen LogP contribution < -0.4 is 5.73 Å². The summed E-state index contributed by atoms with van der Waals surface area (Å²) < 4.78 is 0. The zero-order valence-electron chi connectivity index (χ0n) is 15.1. The molecule has 1 aliphatic rings. The van der Waals surface area contributed by atoms with Crippen LogP contribution in [-0.2, 0) is 0 Å². The Kier molecular flexibility index (Phi) is 6.57. The van der Waals surface area contributed by atoms with Gasteiger partial charge in [0.25, 0.3) is 0 Å². The van der Waals surface area contributed by atoms with E-state index in [9.17, 15) is 0 Å². The Morgan fingerprint density at radius 2 is 1.70 bits per heavy atom. The summed E-state index contributed by atoms with van der Waals surface area (Å²) in [6.45, 7) is 16.5. The zero-order valence-corrected chi connectivity index (χ0v) is 15.1. The predicted molar refractivity (Wildman–Crippen MR) is 90.7 cm³/mol. The van der Waals surface area contributed by atoms with Crippen molar-refractivity contribution in [1.29, 1.82) is 0 Å². The van der Waals surface area contributed by atoms with Gasteiger partial charge in [0.15, 0.2) is 0 Å². The van der Waals surface area contributed by atoms with Gasteiger partial charge in [0.05, 0.1) is 0 Å². The van der Waals surface area contributed by atoms with Gasteiger partial charge in [-0.25, -0.2) is 0 Å². The molecule has 0 aromatic rings. The molecule has 20 heavy (non-hydrogen) atoms. The standard InChI is InChI=1S/C19H39N/c1-13(2)10-11-19(7,20)18-9-8-15(5)17(18)12-16(6)14(3)4/h13-18H,8-12,20H2,1-7H3. The highest BCUT2D eigenvalue weighted by molar-refractivity contribution is 4.97. The van der Waals surface area contributed by atoms with Gasteiger partial charge in [-0.1, -0.05) is 48.0 Å². The number of nitrogens with two attached hydrogens (primary N) is 1. The third-order valence-corrected chi connectivity index (χ3v) is 6.07. The van der Waals surface area contributed by atoms with E-state index >= 15 is 0 Å². The van der Waals surface area contributed by atoms with Crippen molar-refractivity contribution in [2.75, 3.05) is 0 Å². The second-order valence-electron chi connectivity index (χ2n) is 8.72. The van der Waals surface area contributed by atoms with E-state index in [2.05, 4.69) is 48.5 Å². The van der Waals surface area contributed by atoms with Gasteiger partial charge in [-0.15, -0.1) is 0 Å². The number of hydrogen-bond donors (Lipinski definition) is 1. The third kappa shape index (κ3) is 4.76. The molecule has 5 unspecified atom stereocenters. The first-order valence-corrected chi connectivity index (χ1v) is 8.94. The van der Waals surface area contributed by atoms with E-state index in [4.69, 9.17) is 5.73 Å². The summed E-state index contributed by atoms with van der Waals surface area (Å²) in [6.07, 6.45) is 6.56. The molecule has 0 aliphatic heterocycles. The van der Waals surface area contributed by atoms with E-state index in [1.54, 1.807) is 0 Å². The number of hydrogen-bond acceptors (Lipinski definition) is 1. The van der Waals surface area contributed by atoms with Crippen molar-refractivity contribution in [3.63, 3.8) is 0 Å². The highest BCUT2D eigenvalue weighted by atomic mass is 14.8. The lowest BCUT2D eigenvalue weighted by Gasteiger charge is -2.39. The molecule has 2 N–H and O–H groups in total. The van der Waals surface area contributed by atoms with Crippen LogP contribution in [0.2, 0.25) is 0 Å². The molecule has 0 spiro atoms. The first-order valence-electron chi connectivity index (χ1n) is 8.94. The van der Waals surface area contributed by atoms with Crippen LogP contribution >= 0.6 is 0 Å². The van der Waals surface area contributed by atoms with Gasteiger partial charge in [-0.3, -0.25) is 0 Å². The van der Waals surface area contributed by atoms with Crippen LogP contribution in [0.3, 0.4) is 0 Å². The Labute approximate surface area is 128 Å². The predicted octanol–water partition coefficient (Wildman–Crippen LogP) is 5.48. The second-order valence-corrected chi connectivity index (χ2v) is 8.72. The molecule has 1 fully saturated rings. The summed E-state index contributed by atoms with van der Waals surface area (Å²) in [6, 6.07) is 0. The molecule has 1 heteroatoms. The summed E-state index contributed by atoms with van der Waals surface area (Å²) in [5.41, 5.74) is 6.81. The fourth-order valence-electron chi connectivity index (χ4n) is 3.97. The minimum Gasteiger partial charge on any atom is -0.325 e. The minimum absolute atomic E-state index is 0.0381. The molecule has 0 radical (unpaired) electrons. The molecule has 0 bridgehead atoms. The van der Waals surface area contributed by atoms with Crippen LogP contribution in [0.15, 0.2) is 0 Å². The molecule has 1 nitrogen and oxygen atoms in total. The van der Waals surface area contributed by atoms with E-state index in [0.29, 0.717) is 0 Å². The zero-order chi connectivity index (χ0) is 15.5. The van der Waals surface area contributed by atoms with E-state index < -0.39 is 0 Å². The van der Waals surface area contributed by atoms with Crippen molar-refractivity contribution in [2.24, 2.45) is 41.2 Å². The molecule has 0 aromatic heterocycles. The molecule has 120 valence electrons.